The molecular formula is C14H14ClNO2S. The normalized spacial score (nSPS) is 10.7. The zero-order chi connectivity index (χ0) is 14.2. The van der Waals surface area contributed by atoms with Crippen LogP contribution >= 0.6 is 22.9 Å². The van der Waals surface area contributed by atoms with Crippen molar-refractivity contribution < 1.29 is 9.90 Å². The van der Waals surface area contributed by atoms with Gasteiger partial charge in [0.05, 0.1) is 10.7 Å². The van der Waals surface area contributed by atoms with Crippen molar-refractivity contribution in [3.8, 4) is 10.4 Å². The number of aryl methyl sites for hydroxylation is 1. The molecular weight excluding hydrogens is 282 g/mol. The van der Waals surface area contributed by atoms with Crippen LogP contribution < -0.4 is 5.73 Å². The number of hydrogen-bond acceptors (Lipinski definition) is 3. The van der Waals surface area contributed by atoms with Gasteiger partial charge >= 0.3 is 5.97 Å². The van der Waals surface area contributed by atoms with E-state index in [0.717, 1.165) is 21.6 Å². The summed E-state index contributed by atoms with van der Waals surface area (Å²) in [6, 6.07) is 5.73. The topological polar surface area (TPSA) is 63.3 Å². The third-order valence-corrected chi connectivity index (χ3v) is 4.80. The van der Waals surface area contributed by atoms with Crippen LogP contribution in [0.2, 0.25) is 5.02 Å². The Hall–Kier alpha value is -1.52. The number of benzene rings is 1. The monoisotopic (exact) mass is 295 g/mol. The largest absolute Gasteiger partial charge is 0.477 e. The van der Waals surface area contributed by atoms with E-state index >= 15 is 0 Å². The number of halogens is 1. The number of aromatic carboxylic acids is 1. The summed E-state index contributed by atoms with van der Waals surface area (Å²) in [5.41, 5.74) is 8.95. The van der Waals surface area contributed by atoms with Crippen molar-refractivity contribution in [2.75, 3.05) is 5.73 Å². The van der Waals surface area contributed by atoms with E-state index in [4.69, 9.17) is 22.4 Å². The summed E-state index contributed by atoms with van der Waals surface area (Å²) < 4.78 is 0. The molecule has 2 aromatic rings. The van der Waals surface area contributed by atoms with Crippen molar-refractivity contribution in [2.45, 2.75) is 20.3 Å². The molecule has 3 N–H and O–H groups in total. The van der Waals surface area contributed by atoms with E-state index in [0.29, 0.717) is 17.1 Å². The first kappa shape index (κ1) is 13.9. The quantitative estimate of drug-likeness (QED) is 0.891. The number of carboxylic acids is 1. The Bertz CT molecular complexity index is 649. The molecule has 0 spiro atoms. The Labute approximate surface area is 120 Å². The van der Waals surface area contributed by atoms with E-state index in [1.807, 2.05) is 32.0 Å². The molecule has 0 radical (unpaired) electrons. The van der Waals surface area contributed by atoms with E-state index in [-0.39, 0.29) is 4.88 Å². The first-order valence-electron chi connectivity index (χ1n) is 5.87. The van der Waals surface area contributed by atoms with Crippen molar-refractivity contribution in [1.29, 1.82) is 0 Å². The smallest absolute Gasteiger partial charge is 0.348 e. The number of anilines is 1. The molecule has 1 aromatic carbocycles. The van der Waals surface area contributed by atoms with Crippen LogP contribution in [0, 0.1) is 6.92 Å². The number of nitrogens with two attached hydrogens (primary N) is 1. The lowest BCUT2D eigenvalue weighted by atomic mass is 10.0. The van der Waals surface area contributed by atoms with E-state index in [1.54, 1.807) is 0 Å². The van der Waals surface area contributed by atoms with Crippen LogP contribution in [0.1, 0.15) is 27.7 Å². The van der Waals surface area contributed by atoms with Crippen molar-refractivity contribution in [2.24, 2.45) is 0 Å². The average Bonchev–Trinajstić information content (AvgIpc) is 2.69. The zero-order valence-corrected chi connectivity index (χ0v) is 12.2. The van der Waals surface area contributed by atoms with Gasteiger partial charge < -0.3 is 10.8 Å². The predicted molar refractivity (Wildman–Crippen MR) is 80.3 cm³/mol. The molecule has 0 saturated carbocycles. The molecule has 0 aliphatic heterocycles. The SMILES string of the molecule is CCc1c(-c2cccc(C)c2Cl)sc(C(=O)O)c1N. The minimum Gasteiger partial charge on any atom is -0.477 e. The number of hydrogen-bond donors (Lipinski definition) is 2. The Morgan fingerprint density at radius 1 is 1.47 bits per heavy atom. The van der Waals surface area contributed by atoms with Crippen molar-refractivity contribution >= 4 is 34.6 Å². The van der Waals surface area contributed by atoms with Crippen LogP contribution in [0.15, 0.2) is 18.2 Å². The van der Waals surface area contributed by atoms with Gasteiger partial charge in [0.2, 0.25) is 0 Å². The van der Waals surface area contributed by atoms with E-state index in [1.165, 1.54) is 11.3 Å². The second-order valence-corrected chi connectivity index (χ2v) is 5.65. The van der Waals surface area contributed by atoms with Gasteiger partial charge in [0, 0.05) is 10.4 Å². The summed E-state index contributed by atoms with van der Waals surface area (Å²) in [7, 11) is 0. The molecule has 0 atom stereocenters. The predicted octanol–water partition coefficient (Wildman–Crippen LogP) is 4.22. The molecule has 3 nitrogen and oxygen atoms in total. The molecule has 0 unspecified atom stereocenters. The van der Waals surface area contributed by atoms with E-state index in [2.05, 4.69) is 0 Å². The third kappa shape index (κ3) is 2.33. The van der Waals surface area contributed by atoms with Crippen LogP contribution in [0.3, 0.4) is 0 Å². The van der Waals surface area contributed by atoms with Gasteiger partial charge in [0.1, 0.15) is 4.88 Å². The number of nitrogen functional groups attached to an aromatic ring is 1. The van der Waals surface area contributed by atoms with Gasteiger partial charge in [0.25, 0.3) is 0 Å². The maximum atomic E-state index is 11.2. The zero-order valence-electron chi connectivity index (χ0n) is 10.7. The van der Waals surface area contributed by atoms with Crippen LogP contribution in [0.5, 0.6) is 0 Å². The highest BCUT2D eigenvalue weighted by Gasteiger charge is 2.21. The third-order valence-electron chi connectivity index (χ3n) is 3.03. The van der Waals surface area contributed by atoms with Gasteiger partial charge in [-0.25, -0.2) is 4.79 Å². The van der Waals surface area contributed by atoms with E-state index < -0.39 is 5.97 Å². The molecule has 0 amide bonds. The number of carbonyl (C=O) groups is 1. The van der Waals surface area contributed by atoms with Gasteiger partial charge in [-0.1, -0.05) is 36.7 Å². The van der Waals surface area contributed by atoms with Crippen molar-refractivity contribution in [3.05, 3.63) is 39.2 Å². The molecule has 0 saturated heterocycles. The second-order valence-electron chi connectivity index (χ2n) is 4.25. The summed E-state index contributed by atoms with van der Waals surface area (Å²) in [6.45, 7) is 3.88. The number of thiophene rings is 1. The summed E-state index contributed by atoms with van der Waals surface area (Å²) in [4.78, 5) is 12.2. The summed E-state index contributed by atoms with van der Waals surface area (Å²) in [6.07, 6.45) is 0.676. The molecule has 1 aromatic heterocycles. The summed E-state index contributed by atoms with van der Waals surface area (Å²) >= 11 is 7.50. The molecule has 0 bridgehead atoms. The Morgan fingerprint density at radius 2 is 2.16 bits per heavy atom. The summed E-state index contributed by atoms with van der Waals surface area (Å²) in [5, 5.41) is 9.82. The maximum absolute atomic E-state index is 11.2. The Balaban J connectivity index is 2.72. The Kier molecular flexibility index (Phi) is 3.83. The summed E-state index contributed by atoms with van der Waals surface area (Å²) in [5.74, 6) is -0.993. The lowest BCUT2D eigenvalue weighted by Gasteiger charge is -2.07. The van der Waals surface area contributed by atoms with Crippen molar-refractivity contribution in [1.82, 2.24) is 0 Å². The molecule has 0 fully saturated rings. The standard InChI is InChI=1S/C14H14ClNO2S/c1-3-8-11(16)13(14(17)18)19-12(8)9-6-4-5-7(2)10(9)15/h4-6H,3,16H2,1-2H3,(H,17,18). The average molecular weight is 296 g/mol. The highest BCUT2D eigenvalue weighted by atomic mass is 35.5. The minimum absolute atomic E-state index is 0.185. The van der Waals surface area contributed by atoms with Gasteiger partial charge in [0.15, 0.2) is 0 Å². The van der Waals surface area contributed by atoms with Gasteiger partial charge in [-0.3, -0.25) is 0 Å². The second kappa shape index (κ2) is 5.23. The van der Waals surface area contributed by atoms with Crippen LogP contribution in [0.25, 0.3) is 10.4 Å². The fourth-order valence-electron chi connectivity index (χ4n) is 2.03. The van der Waals surface area contributed by atoms with Crippen LogP contribution in [-0.2, 0) is 6.42 Å². The minimum atomic E-state index is -0.993. The Morgan fingerprint density at radius 3 is 2.74 bits per heavy atom. The molecule has 100 valence electrons. The van der Waals surface area contributed by atoms with Crippen LogP contribution in [0.4, 0.5) is 5.69 Å². The first-order valence-corrected chi connectivity index (χ1v) is 7.06. The fraction of sp³-hybridized carbons (Fsp3) is 0.214. The number of carboxylic acid groups (broad SMARTS) is 1. The molecule has 19 heavy (non-hydrogen) atoms. The molecule has 2 rings (SSSR count). The first-order chi connectivity index (χ1) is 8.97. The molecule has 1 heterocycles. The van der Waals surface area contributed by atoms with Crippen molar-refractivity contribution in [3.63, 3.8) is 0 Å². The van der Waals surface area contributed by atoms with Gasteiger partial charge in [-0.2, -0.15) is 0 Å². The molecule has 5 heteroatoms. The molecule has 0 aliphatic rings. The van der Waals surface area contributed by atoms with Crippen LogP contribution in [-0.4, -0.2) is 11.1 Å². The lowest BCUT2D eigenvalue weighted by molar-refractivity contribution is 0.0703. The fourth-order valence-corrected chi connectivity index (χ4v) is 3.49. The number of rotatable bonds is 3. The van der Waals surface area contributed by atoms with Gasteiger partial charge in [-0.05, 0) is 24.5 Å². The van der Waals surface area contributed by atoms with E-state index in [9.17, 15) is 4.79 Å². The van der Waals surface area contributed by atoms with Gasteiger partial charge in [-0.15, -0.1) is 11.3 Å². The highest BCUT2D eigenvalue weighted by molar-refractivity contribution is 7.18. The highest BCUT2D eigenvalue weighted by Crippen LogP contribution is 2.42. The lowest BCUT2D eigenvalue weighted by Crippen LogP contribution is -1.99. The molecule has 0 aliphatic carbocycles. The maximum Gasteiger partial charge on any atom is 0.348 e.